The Morgan fingerprint density at radius 1 is 1.03 bits per heavy atom. The molecule has 3 rings (SSSR count). The summed E-state index contributed by atoms with van der Waals surface area (Å²) in [5.74, 6) is -2.24. The van der Waals surface area contributed by atoms with Gasteiger partial charge in [-0.2, -0.15) is 16.8 Å². The number of hydrogen-bond donors (Lipinski definition) is 3. The minimum absolute atomic E-state index is 0.0122. The lowest BCUT2D eigenvalue weighted by Gasteiger charge is -2.18. The number of rotatable bonds is 6. The van der Waals surface area contributed by atoms with Crippen molar-refractivity contribution in [3.8, 4) is 0 Å². The third-order valence-electron chi connectivity index (χ3n) is 4.39. The highest BCUT2D eigenvalue weighted by Crippen LogP contribution is 2.29. The summed E-state index contributed by atoms with van der Waals surface area (Å²) in [7, 11) is -9.61. The van der Waals surface area contributed by atoms with Crippen molar-refractivity contribution in [1.82, 2.24) is 5.06 Å². The number of anilines is 1. The standard InChI is InChI=1S/C17H16N2O10S2/c1-9(17(22)29-19-15(20)4-5-16(19)21)18-11-2-3-13-10(6-11)7-12(30(23,24)25)8-14(13)31(26,27)28/h2-3,6-9,18H,4-5H2,1H3,(H,23,24,25)(H,26,27,28). The average molecular weight is 472 g/mol. The summed E-state index contributed by atoms with van der Waals surface area (Å²) in [5, 5.41) is 3.07. The molecule has 1 aliphatic rings. The molecule has 12 nitrogen and oxygen atoms in total. The van der Waals surface area contributed by atoms with E-state index in [-0.39, 0.29) is 29.3 Å². The van der Waals surface area contributed by atoms with E-state index in [0.29, 0.717) is 11.1 Å². The van der Waals surface area contributed by atoms with E-state index >= 15 is 0 Å². The highest BCUT2D eigenvalue weighted by atomic mass is 32.2. The van der Waals surface area contributed by atoms with Gasteiger partial charge in [0.25, 0.3) is 32.1 Å². The summed E-state index contributed by atoms with van der Waals surface area (Å²) < 4.78 is 64.9. The van der Waals surface area contributed by atoms with Crippen molar-refractivity contribution in [1.29, 1.82) is 0 Å². The summed E-state index contributed by atoms with van der Waals surface area (Å²) in [6.07, 6.45) is -0.129. The van der Waals surface area contributed by atoms with E-state index < -0.39 is 53.9 Å². The van der Waals surface area contributed by atoms with Gasteiger partial charge in [-0.25, -0.2) is 4.79 Å². The minimum atomic E-state index is -4.82. The number of nitrogens with zero attached hydrogens (tertiary/aromatic N) is 1. The second-order valence-corrected chi connectivity index (χ2v) is 9.48. The molecule has 1 heterocycles. The van der Waals surface area contributed by atoms with Crippen molar-refractivity contribution >= 4 is 54.5 Å². The molecule has 1 fully saturated rings. The zero-order valence-corrected chi connectivity index (χ0v) is 17.4. The average Bonchev–Trinajstić information content (AvgIpc) is 2.97. The van der Waals surface area contributed by atoms with Crippen LogP contribution in [0.4, 0.5) is 5.69 Å². The van der Waals surface area contributed by atoms with Crippen LogP contribution in [-0.2, 0) is 39.5 Å². The zero-order chi connectivity index (χ0) is 23.1. The van der Waals surface area contributed by atoms with Crippen LogP contribution in [0.25, 0.3) is 10.8 Å². The molecule has 2 aromatic carbocycles. The Hall–Kier alpha value is -3.07. The van der Waals surface area contributed by atoms with Crippen LogP contribution in [0.5, 0.6) is 0 Å². The largest absolute Gasteiger partial charge is 0.372 e. The second-order valence-electron chi connectivity index (χ2n) is 6.67. The minimum Gasteiger partial charge on any atom is -0.372 e. The molecule has 1 saturated heterocycles. The van der Waals surface area contributed by atoms with Crippen molar-refractivity contribution in [3.63, 3.8) is 0 Å². The number of amides is 2. The Bertz CT molecular complexity index is 1300. The van der Waals surface area contributed by atoms with E-state index in [9.17, 15) is 40.3 Å². The number of carbonyl (C=O) groups excluding carboxylic acids is 3. The van der Waals surface area contributed by atoms with Gasteiger partial charge in [-0.05, 0) is 36.6 Å². The van der Waals surface area contributed by atoms with E-state index in [1.54, 1.807) is 0 Å². The van der Waals surface area contributed by atoms with E-state index in [4.69, 9.17) is 4.84 Å². The lowest BCUT2D eigenvalue weighted by molar-refractivity contribution is -0.197. The summed E-state index contributed by atoms with van der Waals surface area (Å²) in [6, 6.07) is 4.40. The molecule has 31 heavy (non-hydrogen) atoms. The van der Waals surface area contributed by atoms with Crippen LogP contribution in [0, 0.1) is 0 Å². The van der Waals surface area contributed by atoms with E-state index in [1.165, 1.54) is 25.1 Å². The van der Waals surface area contributed by atoms with Gasteiger partial charge in [0.2, 0.25) is 0 Å². The lowest BCUT2D eigenvalue weighted by Crippen LogP contribution is -2.38. The van der Waals surface area contributed by atoms with Crippen molar-refractivity contribution in [2.75, 3.05) is 5.32 Å². The van der Waals surface area contributed by atoms with Gasteiger partial charge in [0.15, 0.2) is 0 Å². The summed E-state index contributed by atoms with van der Waals surface area (Å²) in [4.78, 5) is 38.6. The monoisotopic (exact) mass is 472 g/mol. The van der Waals surface area contributed by atoms with Gasteiger partial charge in [0, 0.05) is 23.9 Å². The van der Waals surface area contributed by atoms with Crippen LogP contribution in [0.15, 0.2) is 40.1 Å². The third kappa shape index (κ3) is 4.82. The molecular formula is C17H16N2O10S2. The topological polar surface area (TPSA) is 184 Å². The summed E-state index contributed by atoms with van der Waals surface area (Å²) in [5.41, 5.74) is 0.213. The molecular weight excluding hydrogens is 456 g/mol. The zero-order valence-electron chi connectivity index (χ0n) is 15.8. The Labute approximate surface area is 176 Å². The lowest BCUT2D eigenvalue weighted by atomic mass is 10.1. The van der Waals surface area contributed by atoms with Crippen molar-refractivity contribution < 1.29 is 45.2 Å². The first-order valence-corrected chi connectivity index (χ1v) is 11.5. The number of nitrogens with one attached hydrogen (secondary N) is 1. The molecule has 1 unspecified atom stereocenters. The molecule has 0 aromatic heterocycles. The molecule has 0 radical (unpaired) electrons. The van der Waals surface area contributed by atoms with Crippen LogP contribution in [-0.4, -0.2) is 54.8 Å². The molecule has 2 amide bonds. The van der Waals surface area contributed by atoms with Crippen LogP contribution >= 0.6 is 0 Å². The highest BCUT2D eigenvalue weighted by molar-refractivity contribution is 7.86. The number of fused-ring (bicyclic) bond motifs is 1. The molecule has 1 atom stereocenters. The maximum Gasteiger partial charge on any atom is 0.354 e. The molecule has 1 aliphatic heterocycles. The van der Waals surface area contributed by atoms with Crippen LogP contribution < -0.4 is 5.32 Å². The van der Waals surface area contributed by atoms with Crippen molar-refractivity contribution in [2.24, 2.45) is 0 Å². The van der Waals surface area contributed by atoms with Gasteiger partial charge >= 0.3 is 5.97 Å². The fourth-order valence-electron chi connectivity index (χ4n) is 2.90. The first-order valence-electron chi connectivity index (χ1n) is 8.64. The smallest absolute Gasteiger partial charge is 0.354 e. The molecule has 14 heteroatoms. The van der Waals surface area contributed by atoms with Gasteiger partial charge in [0.1, 0.15) is 10.9 Å². The number of imide groups is 1. The molecule has 0 saturated carbocycles. The highest BCUT2D eigenvalue weighted by Gasteiger charge is 2.34. The number of carbonyl (C=O) groups is 3. The fraction of sp³-hybridized carbons (Fsp3) is 0.235. The van der Waals surface area contributed by atoms with Gasteiger partial charge in [0.05, 0.1) is 4.90 Å². The van der Waals surface area contributed by atoms with Crippen LogP contribution in [0.2, 0.25) is 0 Å². The Kier molecular flexibility index (Phi) is 5.75. The summed E-state index contributed by atoms with van der Waals surface area (Å²) in [6.45, 7) is 1.37. The fourth-order valence-corrected chi connectivity index (χ4v) is 4.25. The van der Waals surface area contributed by atoms with E-state index in [0.717, 1.165) is 6.07 Å². The molecule has 2 aromatic rings. The molecule has 3 N–H and O–H groups in total. The molecule has 0 bridgehead atoms. The van der Waals surface area contributed by atoms with E-state index in [1.807, 2.05) is 0 Å². The Balaban J connectivity index is 1.92. The van der Waals surface area contributed by atoms with Gasteiger partial charge in [-0.1, -0.05) is 6.07 Å². The maximum absolute atomic E-state index is 12.2. The first-order chi connectivity index (χ1) is 14.3. The summed E-state index contributed by atoms with van der Waals surface area (Å²) >= 11 is 0. The number of benzene rings is 2. The van der Waals surface area contributed by atoms with Crippen molar-refractivity contribution in [3.05, 3.63) is 30.3 Å². The van der Waals surface area contributed by atoms with Crippen LogP contribution in [0.3, 0.4) is 0 Å². The molecule has 0 aliphatic carbocycles. The molecule has 0 spiro atoms. The first kappa shape index (κ1) is 22.6. The predicted octanol–water partition coefficient (Wildman–Crippen LogP) is 0.741. The number of hydrogen-bond acceptors (Lipinski definition) is 9. The van der Waals surface area contributed by atoms with E-state index in [2.05, 4.69) is 5.32 Å². The third-order valence-corrected chi connectivity index (χ3v) is 6.11. The SMILES string of the molecule is CC(Nc1ccc2c(S(=O)(=O)O)cc(S(=O)(=O)O)cc2c1)C(=O)ON1C(=O)CCC1=O. The normalized spacial score (nSPS) is 15.9. The van der Waals surface area contributed by atoms with Gasteiger partial charge in [-0.15, -0.1) is 5.06 Å². The Morgan fingerprint density at radius 3 is 2.19 bits per heavy atom. The second kappa shape index (κ2) is 7.88. The number of hydroxylamine groups is 2. The Morgan fingerprint density at radius 2 is 1.65 bits per heavy atom. The maximum atomic E-state index is 12.2. The van der Waals surface area contributed by atoms with Gasteiger partial charge < -0.3 is 10.2 Å². The van der Waals surface area contributed by atoms with Gasteiger partial charge in [-0.3, -0.25) is 18.7 Å². The molecule has 166 valence electrons. The quantitative estimate of drug-likeness (QED) is 0.398. The van der Waals surface area contributed by atoms with Crippen molar-refractivity contribution in [2.45, 2.75) is 35.6 Å². The van der Waals surface area contributed by atoms with Crippen LogP contribution in [0.1, 0.15) is 19.8 Å². The predicted molar refractivity (Wildman–Crippen MR) is 104 cm³/mol.